The van der Waals surface area contributed by atoms with Gasteiger partial charge in [-0.2, -0.15) is 8.78 Å². The SMILES string of the molecule is O=C(CBr)c1cc(Br)ccc1OC(F)F. The van der Waals surface area contributed by atoms with Crippen LogP contribution < -0.4 is 4.74 Å². The van der Waals surface area contributed by atoms with Gasteiger partial charge in [-0.1, -0.05) is 31.9 Å². The number of hydrogen-bond acceptors (Lipinski definition) is 2. The summed E-state index contributed by atoms with van der Waals surface area (Å²) < 4.78 is 28.9. The molecular weight excluding hydrogens is 338 g/mol. The fourth-order valence-corrected chi connectivity index (χ4v) is 1.65. The molecule has 0 atom stereocenters. The molecule has 0 amide bonds. The highest BCUT2D eigenvalue weighted by Gasteiger charge is 2.15. The first-order valence-electron chi connectivity index (χ1n) is 3.88. The monoisotopic (exact) mass is 342 g/mol. The topological polar surface area (TPSA) is 26.3 Å². The van der Waals surface area contributed by atoms with Crippen molar-refractivity contribution in [2.75, 3.05) is 5.33 Å². The molecule has 0 aliphatic rings. The lowest BCUT2D eigenvalue weighted by molar-refractivity contribution is -0.0501. The van der Waals surface area contributed by atoms with Crippen LogP contribution in [-0.4, -0.2) is 17.7 Å². The third kappa shape index (κ3) is 3.53. The number of benzene rings is 1. The predicted molar refractivity (Wildman–Crippen MR) is 58.9 cm³/mol. The van der Waals surface area contributed by atoms with Crippen molar-refractivity contribution < 1.29 is 18.3 Å². The first-order valence-corrected chi connectivity index (χ1v) is 5.79. The van der Waals surface area contributed by atoms with Gasteiger partial charge >= 0.3 is 6.61 Å². The maximum Gasteiger partial charge on any atom is 0.387 e. The summed E-state index contributed by atoms with van der Waals surface area (Å²) in [6.45, 7) is -2.94. The van der Waals surface area contributed by atoms with Gasteiger partial charge in [-0.25, -0.2) is 0 Å². The van der Waals surface area contributed by atoms with E-state index in [1.54, 1.807) is 0 Å². The van der Waals surface area contributed by atoms with E-state index in [0.717, 1.165) is 0 Å². The average Bonchev–Trinajstić information content (AvgIpc) is 2.19. The van der Waals surface area contributed by atoms with Crippen LogP contribution in [0.4, 0.5) is 8.78 Å². The van der Waals surface area contributed by atoms with Gasteiger partial charge in [0.15, 0.2) is 5.78 Å². The molecule has 0 aliphatic heterocycles. The van der Waals surface area contributed by atoms with Gasteiger partial charge in [-0.15, -0.1) is 0 Å². The van der Waals surface area contributed by atoms with Crippen molar-refractivity contribution in [3.05, 3.63) is 28.2 Å². The molecule has 1 aromatic rings. The second-order valence-corrected chi connectivity index (χ2v) is 4.05. The highest BCUT2D eigenvalue weighted by atomic mass is 79.9. The number of ketones is 1. The fraction of sp³-hybridized carbons (Fsp3) is 0.222. The minimum Gasteiger partial charge on any atom is -0.434 e. The van der Waals surface area contributed by atoms with E-state index in [2.05, 4.69) is 36.6 Å². The summed E-state index contributed by atoms with van der Waals surface area (Å²) in [5.74, 6) is -0.426. The largest absolute Gasteiger partial charge is 0.434 e. The van der Waals surface area contributed by atoms with Crippen LogP contribution in [0.3, 0.4) is 0 Å². The number of ether oxygens (including phenoxy) is 1. The molecule has 6 heteroatoms. The molecule has 1 aromatic carbocycles. The first-order chi connectivity index (χ1) is 7.04. The van der Waals surface area contributed by atoms with Gasteiger partial charge in [0, 0.05) is 4.47 Å². The number of Topliss-reactive ketones (excluding diaryl/α,β-unsaturated/α-hetero) is 1. The van der Waals surface area contributed by atoms with Crippen LogP contribution in [0.1, 0.15) is 10.4 Å². The molecule has 0 fully saturated rings. The molecule has 15 heavy (non-hydrogen) atoms. The van der Waals surface area contributed by atoms with Crippen LogP contribution in [0, 0.1) is 0 Å². The van der Waals surface area contributed by atoms with E-state index in [4.69, 9.17) is 0 Å². The Hall–Kier alpha value is -0.490. The minimum atomic E-state index is -2.94. The molecule has 0 spiro atoms. The van der Waals surface area contributed by atoms with Crippen molar-refractivity contribution in [1.82, 2.24) is 0 Å². The molecule has 0 bridgehead atoms. The Morgan fingerprint density at radius 3 is 2.67 bits per heavy atom. The van der Waals surface area contributed by atoms with Crippen LogP contribution >= 0.6 is 31.9 Å². The number of alkyl halides is 3. The van der Waals surface area contributed by atoms with Crippen molar-refractivity contribution in [3.8, 4) is 5.75 Å². The number of carbonyl (C=O) groups is 1. The summed E-state index contributed by atoms with van der Waals surface area (Å²) in [7, 11) is 0. The molecule has 82 valence electrons. The van der Waals surface area contributed by atoms with E-state index in [9.17, 15) is 13.6 Å². The summed E-state index contributed by atoms with van der Waals surface area (Å²) in [6.07, 6.45) is 0. The minimum absolute atomic E-state index is 0.0586. The van der Waals surface area contributed by atoms with Crippen LogP contribution in [0.15, 0.2) is 22.7 Å². The molecule has 0 unspecified atom stereocenters. The zero-order chi connectivity index (χ0) is 11.4. The number of hydrogen-bond donors (Lipinski definition) is 0. The molecular formula is C9H6Br2F2O2. The van der Waals surface area contributed by atoms with E-state index >= 15 is 0 Å². The maximum absolute atomic E-state index is 12.0. The Bertz CT molecular complexity index is 369. The van der Waals surface area contributed by atoms with Crippen LogP contribution in [0.5, 0.6) is 5.75 Å². The average molecular weight is 344 g/mol. The third-order valence-corrected chi connectivity index (χ3v) is 2.58. The van der Waals surface area contributed by atoms with Crippen LogP contribution in [-0.2, 0) is 0 Å². The second-order valence-electron chi connectivity index (χ2n) is 2.58. The highest BCUT2D eigenvalue weighted by Crippen LogP contribution is 2.25. The van der Waals surface area contributed by atoms with Crippen molar-refractivity contribution in [3.63, 3.8) is 0 Å². The van der Waals surface area contributed by atoms with Gasteiger partial charge in [-0.3, -0.25) is 4.79 Å². The zero-order valence-electron chi connectivity index (χ0n) is 7.34. The Morgan fingerprint density at radius 1 is 1.47 bits per heavy atom. The number of carbonyl (C=O) groups excluding carboxylic acids is 1. The van der Waals surface area contributed by atoms with Crippen molar-refractivity contribution in [2.45, 2.75) is 6.61 Å². The van der Waals surface area contributed by atoms with Crippen molar-refractivity contribution >= 4 is 37.6 Å². The van der Waals surface area contributed by atoms with Gasteiger partial charge in [0.05, 0.1) is 10.9 Å². The summed E-state index contributed by atoms with van der Waals surface area (Å²) in [5, 5.41) is 0.0586. The predicted octanol–water partition coefficient (Wildman–Crippen LogP) is 3.63. The lowest BCUT2D eigenvalue weighted by Crippen LogP contribution is -2.08. The number of rotatable bonds is 4. The highest BCUT2D eigenvalue weighted by molar-refractivity contribution is 9.10. The Labute approximate surface area is 102 Å². The van der Waals surface area contributed by atoms with Gasteiger partial charge in [0.25, 0.3) is 0 Å². The number of halogens is 4. The molecule has 2 nitrogen and oxygen atoms in total. The Balaban J connectivity index is 3.08. The Morgan fingerprint density at radius 2 is 2.13 bits per heavy atom. The lowest BCUT2D eigenvalue weighted by atomic mass is 10.1. The smallest absolute Gasteiger partial charge is 0.387 e. The normalized spacial score (nSPS) is 10.5. The van der Waals surface area contributed by atoms with E-state index in [1.165, 1.54) is 18.2 Å². The fourth-order valence-electron chi connectivity index (χ4n) is 0.991. The van der Waals surface area contributed by atoms with Gasteiger partial charge in [0.1, 0.15) is 5.75 Å². The molecule has 0 aromatic heterocycles. The summed E-state index contributed by atoms with van der Waals surface area (Å²) in [5.41, 5.74) is 0.126. The second kappa shape index (κ2) is 5.55. The standard InChI is InChI=1S/C9H6Br2F2O2/c10-4-7(14)6-3-5(11)1-2-8(6)15-9(12)13/h1-3,9H,4H2. The van der Waals surface area contributed by atoms with Gasteiger partial charge < -0.3 is 4.74 Å². The summed E-state index contributed by atoms with van der Waals surface area (Å²) >= 11 is 6.12. The van der Waals surface area contributed by atoms with E-state index in [-0.39, 0.29) is 22.4 Å². The molecule has 0 saturated carbocycles. The molecule has 0 heterocycles. The third-order valence-electron chi connectivity index (χ3n) is 1.58. The van der Waals surface area contributed by atoms with E-state index in [0.29, 0.717) is 4.47 Å². The summed E-state index contributed by atoms with van der Waals surface area (Å²) in [4.78, 5) is 11.4. The molecule has 0 radical (unpaired) electrons. The zero-order valence-corrected chi connectivity index (χ0v) is 10.5. The molecule has 1 rings (SSSR count). The van der Waals surface area contributed by atoms with Crippen LogP contribution in [0.25, 0.3) is 0 Å². The molecule has 0 N–H and O–H groups in total. The van der Waals surface area contributed by atoms with Gasteiger partial charge in [-0.05, 0) is 18.2 Å². The summed E-state index contributed by atoms with van der Waals surface area (Å²) in [6, 6.07) is 4.30. The lowest BCUT2D eigenvalue weighted by Gasteiger charge is -2.09. The molecule has 0 saturated heterocycles. The van der Waals surface area contributed by atoms with Crippen LogP contribution in [0.2, 0.25) is 0 Å². The Kier molecular flexibility index (Phi) is 4.66. The quantitative estimate of drug-likeness (QED) is 0.616. The first kappa shape index (κ1) is 12.6. The molecule has 0 aliphatic carbocycles. The van der Waals surface area contributed by atoms with Crippen molar-refractivity contribution in [2.24, 2.45) is 0 Å². The maximum atomic E-state index is 12.0. The van der Waals surface area contributed by atoms with Crippen molar-refractivity contribution in [1.29, 1.82) is 0 Å². The van der Waals surface area contributed by atoms with E-state index in [1.807, 2.05) is 0 Å². The van der Waals surface area contributed by atoms with E-state index < -0.39 is 6.61 Å². The van der Waals surface area contributed by atoms with Gasteiger partial charge in [0.2, 0.25) is 0 Å².